The van der Waals surface area contributed by atoms with E-state index in [0.29, 0.717) is 11.6 Å². The van der Waals surface area contributed by atoms with Crippen molar-refractivity contribution in [2.75, 3.05) is 17.3 Å². The highest BCUT2D eigenvalue weighted by molar-refractivity contribution is 6.17. The SMILES string of the molecule is Nc1ncc(C=CCCCl)nc1N. The van der Waals surface area contributed by atoms with Crippen molar-refractivity contribution in [3.63, 3.8) is 0 Å². The standard InChI is InChI=1S/C8H11ClN4/c9-4-2-1-3-6-5-12-7(10)8(11)13-6/h1,3,5H,2,4H2,(H2,10,12)(H2,11,13). The Bertz CT molecular complexity index is 311. The largest absolute Gasteiger partial charge is 0.381 e. The van der Waals surface area contributed by atoms with Gasteiger partial charge in [-0.15, -0.1) is 11.6 Å². The molecular formula is C8H11ClN4. The van der Waals surface area contributed by atoms with Crippen LogP contribution in [0.2, 0.25) is 0 Å². The second-order valence-electron chi connectivity index (χ2n) is 2.45. The van der Waals surface area contributed by atoms with Crippen LogP contribution in [0, 0.1) is 0 Å². The fourth-order valence-electron chi connectivity index (χ4n) is 0.774. The van der Waals surface area contributed by atoms with Crippen molar-refractivity contribution in [3.8, 4) is 0 Å². The molecule has 0 radical (unpaired) electrons. The molecule has 0 spiro atoms. The lowest BCUT2D eigenvalue weighted by Gasteiger charge is -1.97. The maximum Gasteiger partial charge on any atom is 0.166 e. The highest BCUT2D eigenvalue weighted by Crippen LogP contribution is 2.08. The van der Waals surface area contributed by atoms with Gasteiger partial charge in [0.1, 0.15) is 0 Å². The molecule has 0 aliphatic carbocycles. The van der Waals surface area contributed by atoms with Gasteiger partial charge in [-0.25, -0.2) is 9.97 Å². The number of hydrogen-bond donors (Lipinski definition) is 2. The van der Waals surface area contributed by atoms with Crippen LogP contribution < -0.4 is 11.5 Å². The molecule has 0 unspecified atom stereocenters. The van der Waals surface area contributed by atoms with E-state index in [4.69, 9.17) is 23.1 Å². The molecule has 0 aliphatic rings. The van der Waals surface area contributed by atoms with E-state index in [-0.39, 0.29) is 11.6 Å². The van der Waals surface area contributed by atoms with Gasteiger partial charge >= 0.3 is 0 Å². The lowest BCUT2D eigenvalue weighted by atomic mass is 10.3. The minimum absolute atomic E-state index is 0.257. The third-order valence-electron chi connectivity index (χ3n) is 1.41. The molecule has 0 saturated heterocycles. The lowest BCUT2D eigenvalue weighted by molar-refractivity contribution is 1.19. The van der Waals surface area contributed by atoms with E-state index in [1.807, 2.05) is 12.2 Å². The number of alkyl halides is 1. The first-order valence-corrected chi connectivity index (χ1v) is 4.38. The third-order valence-corrected chi connectivity index (χ3v) is 1.63. The number of nitrogens with zero attached hydrogens (tertiary/aromatic N) is 2. The van der Waals surface area contributed by atoms with Gasteiger partial charge in [-0.3, -0.25) is 0 Å². The van der Waals surface area contributed by atoms with Gasteiger partial charge in [0.15, 0.2) is 11.6 Å². The summed E-state index contributed by atoms with van der Waals surface area (Å²) in [4.78, 5) is 7.87. The van der Waals surface area contributed by atoms with Gasteiger partial charge in [0, 0.05) is 5.88 Å². The van der Waals surface area contributed by atoms with Crippen LogP contribution in [0.3, 0.4) is 0 Å². The molecule has 5 heteroatoms. The molecule has 0 bridgehead atoms. The molecule has 0 aromatic carbocycles. The van der Waals surface area contributed by atoms with Gasteiger partial charge in [-0.1, -0.05) is 6.08 Å². The normalized spacial score (nSPS) is 10.8. The van der Waals surface area contributed by atoms with E-state index in [1.54, 1.807) is 6.20 Å². The van der Waals surface area contributed by atoms with Crippen molar-refractivity contribution < 1.29 is 0 Å². The molecule has 0 amide bonds. The first-order valence-electron chi connectivity index (χ1n) is 3.84. The van der Waals surface area contributed by atoms with Crippen LogP contribution in [0.25, 0.3) is 6.08 Å². The van der Waals surface area contributed by atoms with Crippen LogP contribution >= 0.6 is 11.6 Å². The predicted octanol–water partition coefficient (Wildman–Crippen LogP) is 1.28. The number of nitrogen functional groups attached to an aromatic ring is 2. The average Bonchev–Trinajstić information content (AvgIpc) is 2.12. The van der Waals surface area contributed by atoms with E-state index in [2.05, 4.69) is 9.97 Å². The van der Waals surface area contributed by atoms with Gasteiger partial charge in [0.25, 0.3) is 0 Å². The van der Waals surface area contributed by atoms with E-state index in [1.165, 1.54) is 0 Å². The summed E-state index contributed by atoms with van der Waals surface area (Å²) in [5, 5.41) is 0. The number of anilines is 2. The summed E-state index contributed by atoms with van der Waals surface area (Å²) in [5.41, 5.74) is 11.6. The first kappa shape index (κ1) is 9.80. The molecule has 0 aliphatic heterocycles. The predicted molar refractivity (Wildman–Crippen MR) is 55.2 cm³/mol. The monoisotopic (exact) mass is 198 g/mol. The van der Waals surface area contributed by atoms with Crippen molar-refractivity contribution >= 4 is 29.3 Å². The molecule has 13 heavy (non-hydrogen) atoms. The molecule has 1 heterocycles. The molecule has 4 N–H and O–H groups in total. The summed E-state index contributed by atoms with van der Waals surface area (Å²) in [6.45, 7) is 0. The fraction of sp³-hybridized carbons (Fsp3) is 0.250. The Labute approximate surface area is 81.6 Å². The number of hydrogen-bond acceptors (Lipinski definition) is 4. The summed E-state index contributed by atoms with van der Waals surface area (Å²) in [5.74, 6) is 1.11. The van der Waals surface area contributed by atoms with Crippen molar-refractivity contribution in [1.82, 2.24) is 9.97 Å². The molecular weight excluding hydrogens is 188 g/mol. The van der Waals surface area contributed by atoms with Crippen molar-refractivity contribution in [1.29, 1.82) is 0 Å². The fourth-order valence-corrected chi connectivity index (χ4v) is 0.900. The zero-order valence-corrected chi connectivity index (χ0v) is 7.83. The highest BCUT2D eigenvalue weighted by atomic mass is 35.5. The van der Waals surface area contributed by atoms with Crippen molar-refractivity contribution in [3.05, 3.63) is 18.0 Å². The molecule has 0 fully saturated rings. The quantitative estimate of drug-likeness (QED) is 0.718. The number of rotatable bonds is 3. The zero-order valence-electron chi connectivity index (χ0n) is 7.07. The second kappa shape index (κ2) is 4.67. The minimum Gasteiger partial charge on any atom is -0.381 e. The summed E-state index contributed by atoms with van der Waals surface area (Å²) >= 11 is 5.49. The van der Waals surface area contributed by atoms with Crippen LogP contribution in [-0.4, -0.2) is 15.8 Å². The highest BCUT2D eigenvalue weighted by Gasteiger charge is 1.96. The molecule has 1 aromatic heterocycles. The van der Waals surface area contributed by atoms with E-state index in [0.717, 1.165) is 6.42 Å². The summed E-state index contributed by atoms with van der Waals surface area (Å²) in [7, 11) is 0. The molecule has 0 atom stereocenters. The molecule has 1 aromatic rings. The Morgan fingerprint density at radius 2 is 2.15 bits per heavy atom. The molecule has 0 saturated carbocycles. The summed E-state index contributed by atoms with van der Waals surface area (Å²) in [6, 6.07) is 0. The van der Waals surface area contributed by atoms with E-state index >= 15 is 0 Å². The molecule has 4 nitrogen and oxygen atoms in total. The van der Waals surface area contributed by atoms with Gasteiger partial charge in [0.2, 0.25) is 0 Å². The van der Waals surface area contributed by atoms with Gasteiger partial charge < -0.3 is 11.5 Å². The Morgan fingerprint density at radius 1 is 1.38 bits per heavy atom. The van der Waals surface area contributed by atoms with Crippen LogP contribution in [0.1, 0.15) is 12.1 Å². The molecule has 1 rings (SSSR count). The molecule has 70 valence electrons. The Hall–Kier alpha value is -1.29. The maximum absolute atomic E-state index is 5.49. The maximum atomic E-state index is 5.49. The third kappa shape index (κ3) is 2.91. The number of aromatic nitrogens is 2. The topological polar surface area (TPSA) is 77.8 Å². The van der Waals surface area contributed by atoms with Crippen LogP contribution in [0.15, 0.2) is 12.3 Å². The van der Waals surface area contributed by atoms with E-state index in [9.17, 15) is 0 Å². The van der Waals surface area contributed by atoms with Crippen LogP contribution in [0.5, 0.6) is 0 Å². The zero-order chi connectivity index (χ0) is 9.68. The van der Waals surface area contributed by atoms with Gasteiger partial charge in [-0.2, -0.15) is 0 Å². The lowest BCUT2D eigenvalue weighted by Crippen LogP contribution is -2.01. The Kier molecular flexibility index (Phi) is 3.52. The Balaban J connectivity index is 2.73. The smallest absolute Gasteiger partial charge is 0.166 e. The van der Waals surface area contributed by atoms with Crippen LogP contribution in [0.4, 0.5) is 11.6 Å². The van der Waals surface area contributed by atoms with Crippen LogP contribution in [-0.2, 0) is 0 Å². The van der Waals surface area contributed by atoms with Crippen molar-refractivity contribution in [2.45, 2.75) is 6.42 Å². The Morgan fingerprint density at radius 3 is 2.77 bits per heavy atom. The minimum atomic E-state index is 0.257. The van der Waals surface area contributed by atoms with E-state index < -0.39 is 0 Å². The van der Waals surface area contributed by atoms with Gasteiger partial charge in [-0.05, 0) is 12.5 Å². The first-order chi connectivity index (χ1) is 6.24. The summed E-state index contributed by atoms with van der Waals surface area (Å²) < 4.78 is 0. The van der Waals surface area contributed by atoms with Crippen molar-refractivity contribution in [2.24, 2.45) is 0 Å². The second-order valence-corrected chi connectivity index (χ2v) is 2.82. The van der Waals surface area contributed by atoms with Gasteiger partial charge in [0.05, 0.1) is 11.9 Å². The number of nitrogens with two attached hydrogens (primary N) is 2. The number of halogens is 1. The average molecular weight is 199 g/mol. The summed E-state index contributed by atoms with van der Waals surface area (Å²) in [6.07, 6.45) is 6.09. The number of allylic oxidation sites excluding steroid dienone is 1.